The molecule has 2 aromatic rings. The van der Waals surface area contributed by atoms with E-state index >= 15 is 0 Å². The fraction of sp³-hybridized carbons (Fsp3) is 0.565. The Morgan fingerprint density at radius 2 is 1.81 bits per heavy atom. The van der Waals surface area contributed by atoms with Crippen LogP contribution < -0.4 is 10.2 Å². The van der Waals surface area contributed by atoms with Crippen molar-refractivity contribution in [2.75, 3.05) is 37.5 Å². The summed E-state index contributed by atoms with van der Waals surface area (Å²) in [5, 5.41) is 6.51. The molecule has 1 saturated heterocycles. The van der Waals surface area contributed by atoms with Crippen LogP contribution in [-0.2, 0) is 28.1 Å². The van der Waals surface area contributed by atoms with Crippen LogP contribution in [0.4, 0.5) is 28.2 Å². The molecule has 1 aromatic heterocycles. The van der Waals surface area contributed by atoms with Gasteiger partial charge in [-0.3, -0.25) is 9.80 Å². The van der Waals surface area contributed by atoms with Gasteiger partial charge in [-0.2, -0.15) is 18.3 Å². The Labute approximate surface area is 207 Å². The molecule has 1 aliphatic heterocycles. The highest BCUT2D eigenvalue weighted by Gasteiger charge is 2.51. The lowest BCUT2D eigenvalue weighted by Crippen LogP contribution is -2.54. The molecule has 198 valence electrons. The number of aromatic nitrogens is 2. The van der Waals surface area contributed by atoms with E-state index in [0.29, 0.717) is 25.7 Å². The van der Waals surface area contributed by atoms with E-state index in [1.807, 2.05) is 25.1 Å². The van der Waals surface area contributed by atoms with Crippen LogP contribution in [0.5, 0.6) is 0 Å². The largest absolute Gasteiger partial charge is 0.435 e. The molecule has 8 nitrogen and oxygen atoms in total. The summed E-state index contributed by atoms with van der Waals surface area (Å²) < 4.78 is 78.3. The zero-order valence-corrected chi connectivity index (χ0v) is 21.1. The molecule has 1 aliphatic carbocycles. The Morgan fingerprint density at radius 3 is 2.36 bits per heavy atom. The minimum atomic E-state index is -4.75. The molecular formula is C23H29F4N5O3S. The number of halogens is 4. The minimum Gasteiger partial charge on any atom is -0.330 e. The predicted molar refractivity (Wildman–Crippen MR) is 126 cm³/mol. The quantitative estimate of drug-likeness (QED) is 0.578. The summed E-state index contributed by atoms with van der Waals surface area (Å²) in [6.07, 6.45) is -1.53. The first kappa shape index (κ1) is 26.4. The second kappa shape index (κ2) is 9.02. The third-order valence-corrected chi connectivity index (χ3v) is 8.25. The summed E-state index contributed by atoms with van der Waals surface area (Å²) in [4.78, 5) is 16.2. The maximum Gasteiger partial charge on any atom is 0.435 e. The molecule has 1 spiro atoms. The Morgan fingerprint density at radius 1 is 1.14 bits per heavy atom. The lowest BCUT2D eigenvalue weighted by molar-refractivity contribution is -0.141. The number of alkyl halides is 3. The number of sulfone groups is 1. The van der Waals surface area contributed by atoms with E-state index in [1.54, 1.807) is 6.07 Å². The number of urea groups is 1. The minimum absolute atomic E-state index is 0.102. The number of carbonyl (C=O) groups is 1. The highest BCUT2D eigenvalue weighted by atomic mass is 32.2. The van der Waals surface area contributed by atoms with Crippen molar-refractivity contribution in [3.8, 4) is 0 Å². The Bertz CT molecular complexity index is 1250. The molecule has 0 bridgehead atoms. The molecule has 2 fully saturated rings. The van der Waals surface area contributed by atoms with Crippen molar-refractivity contribution >= 4 is 21.7 Å². The van der Waals surface area contributed by atoms with E-state index in [2.05, 4.69) is 10.4 Å². The highest BCUT2D eigenvalue weighted by molar-refractivity contribution is 7.90. The monoisotopic (exact) mass is 531 g/mol. The highest BCUT2D eigenvalue weighted by Crippen LogP contribution is 2.46. The third kappa shape index (κ3) is 5.08. The number of nitrogens with one attached hydrogen (secondary N) is 1. The van der Waals surface area contributed by atoms with Gasteiger partial charge < -0.3 is 5.32 Å². The number of benzene rings is 1. The number of anilines is 1. The number of nitrogens with zero attached hydrogens (tertiary/aromatic N) is 4. The van der Waals surface area contributed by atoms with Crippen molar-refractivity contribution in [2.24, 2.45) is 0 Å². The molecule has 0 radical (unpaired) electrons. The summed E-state index contributed by atoms with van der Waals surface area (Å²) in [5.41, 5.74) is -1.50. The maximum atomic E-state index is 14.0. The second-order valence-corrected chi connectivity index (χ2v) is 12.2. The van der Waals surface area contributed by atoms with E-state index in [-0.39, 0.29) is 24.7 Å². The van der Waals surface area contributed by atoms with Gasteiger partial charge in [-0.25, -0.2) is 22.3 Å². The van der Waals surface area contributed by atoms with Crippen molar-refractivity contribution in [3.63, 3.8) is 0 Å². The topological polar surface area (TPSA) is 87.5 Å². The average Bonchev–Trinajstić information content (AvgIpc) is 3.33. The third-order valence-electron chi connectivity index (χ3n) is 7.33. The van der Waals surface area contributed by atoms with Gasteiger partial charge in [0.15, 0.2) is 5.69 Å². The first-order valence-corrected chi connectivity index (χ1v) is 13.6. The number of carbonyl (C=O) groups excluding carboxylic acids is 1. The first-order valence-electron chi connectivity index (χ1n) is 11.5. The maximum absolute atomic E-state index is 14.0. The number of hydrogen-bond acceptors (Lipinski definition) is 5. The van der Waals surface area contributed by atoms with Crippen LogP contribution in [0.25, 0.3) is 0 Å². The predicted octanol–water partition coefficient (Wildman–Crippen LogP) is 3.39. The van der Waals surface area contributed by atoms with Crippen molar-refractivity contribution in [1.29, 1.82) is 0 Å². The molecule has 4 rings (SSSR count). The number of hydrogen-bond donors (Lipinski definition) is 1. The molecular weight excluding hydrogens is 502 g/mol. The summed E-state index contributed by atoms with van der Waals surface area (Å²) >= 11 is 0. The lowest BCUT2D eigenvalue weighted by atomic mass is 9.69. The second-order valence-electron chi connectivity index (χ2n) is 9.97. The molecule has 0 atom stereocenters. The Kier molecular flexibility index (Phi) is 6.61. The van der Waals surface area contributed by atoms with Gasteiger partial charge in [0.2, 0.25) is 0 Å². The molecule has 36 heavy (non-hydrogen) atoms. The molecule has 0 unspecified atom stereocenters. The Hall–Kier alpha value is -2.67. The average molecular weight is 532 g/mol. The normalized spacial score (nSPS) is 25.1. The molecule has 2 aliphatic rings. The smallest absolute Gasteiger partial charge is 0.330 e. The van der Waals surface area contributed by atoms with Crippen molar-refractivity contribution in [1.82, 2.24) is 20.0 Å². The van der Waals surface area contributed by atoms with E-state index in [9.17, 15) is 30.8 Å². The fourth-order valence-corrected chi connectivity index (χ4v) is 5.77. The van der Waals surface area contributed by atoms with E-state index in [4.69, 9.17) is 0 Å². The number of amides is 2. The van der Waals surface area contributed by atoms with Crippen LogP contribution >= 0.6 is 0 Å². The van der Waals surface area contributed by atoms with Crippen LogP contribution in [0.3, 0.4) is 0 Å². The van der Waals surface area contributed by atoms with Crippen molar-refractivity contribution in [2.45, 2.75) is 49.5 Å². The zero-order chi connectivity index (χ0) is 26.5. The van der Waals surface area contributed by atoms with Crippen LogP contribution in [0, 0.1) is 5.82 Å². The first-order chi connectivity index (χ1) is 16.6. The van der Waals surface area contributed by atoms with Gasteiger partial charge in [0, 0.05) is 17.9 Å². The zero-order valence-electron chi connectivity index (χ0n) is 20.3. The van der Waals surface area contributed by atoms with Gasteiger partial charge in [-0.05, 0) is 57.5 Å². The van der Waals surface area contributed by atoms with Crippen LogP contribution in [0.1, 0.15) is 36.9 Å². The van der Waals surface area contributed by atoms with Gasteiger partial charge >= 0.3 is 12.2 Å². The number of rotatable bonds is 6. The van der Waals surface area contributed by atoms with E-state index in [0.717, 1.165) is 22.6 Å². The summed E-state index contributed by atoms with van der Waals surface area (Å²) in [6, 6.07) is 6.65. The SMILES string of the molecule is CN(C)[C@]1(c2cccc(F)c2)CC[C@@]2(CC1)CN(c1cc(C(F)(F)F)nn1CCS(C)(=O)=O)C(=O)N2. The van der Waals surface area contributed by atoms with Crippen molar-refractivity contribution < 1.29 is 30.8 Å². The summed E-state index contributed by atoms with van der Waals surface area (Å²) in [6.45, 7) is -0.204. The van der Waals surface area contributed by atoms with Crippen molar-refractivity contribution in [3.05, 3.63) is 47.4 Å². The van der Waals surface area contributed by atoms with Gasteiger partial charge in [0.1, 0.15) is 21.5 Å². The lowest BCUT2D eigenvalue weighted by Gasteiger charge is -2.48. The summed E-state index contributed by atoms with van der Waals surface area (Å²) in [7, 11) is 0.364. The fourth-order valence-electron chi connectivity index (χ4n) is 5.27. The van der Waals surface area contributed by atoms with Gasteiger partial charge in [-0.15, -0.1) is 0 Å². The van der Waals surface area contributed by atoms with Gasteiger partial charge in [-0.1, -0.05) is 12.1 Å². The number of aryl methyl sites for hydroxylation is 1. The van der Waals surface area contributed by atoms with E-state index in [1.165, 1.54) is 17.0 Å². The molecule has 1 saturated carbocycles. The van der Waals surface area contributed by atoms with Crippen LogP contribution in [-0.4, -0.2) is 67.3 Å². The molecule has 2 heterocycles. The Balaban J connectivity index is 1.60. The molecule has 13 heteroatoms. The van der Waals surface area contributed by atoms with Gasteiger partial charge in [0.05, 0.1) is 24.4 Å². The van der Waals surface area contributed by atoms with Gasteiger partial charge in [0.25, 0.3) is 0 Å². The molecule has 2 amide bonds. The summed E-state index contributed by atoms with van der Waals surface area (Å²) in [5.74, 6) is -0.856. The molecule has 1 aromatic carbocycles. The standard InChI is InChI=1S/C23H29F4N5O3S/c1-30(2)22(16-5-4-6-17(24)13-16)9-7-21(8-10-22)15-31(20(33)28-21)19-14-18(23(25,26)27)29-32(19)11-12-36(3,34)35/h4-6,13-14H,7-12,15H2,1-3H3,(H,28,33)/t21-,22-. The van der Waals surface area contributed by atoms with E-state index < -0.39 is 44.6 Å². The van der Waals surface area contributed by atoms with Crippen LogP contribution in [0.15, 0.2) is 30.3 Å². The molecule has 1 N–H and O–H groups in total. The van der Waals surface area contributed by atoms with Crippen LogP contribution in [0.2, 0.25) is 0 Å².